The largest absolute Gasteiger partial charge is 0.455 e. The van der Waals surface area contributed by atoms with Crippen molar-refractivity contribution >= 4 is 46.6 Å². The second kappa shape index (κ2) is 23.1. The summed E-state index contributed by atoms with van der Waals surface area (Å²) in [6.07, 6.45) is 9.72. The van der Waals surface area contributed by atoms with Crippen LogP contribution in [0.2, 0.25) is 5.04 Å². The number of hydrogen-bond donors (Lipinski definition) is 1. The van der Waals surface area contributed by atoms with Crippen molar-refractivity contribution in [3.05, 3.63) is 114 Å². The predicted octanol–water partition coefficient (Wildman–Crippen LogP) is 12.9. The van der Waals surface area contributed by atoms with Gasteiger partial charge in [0, 0.05) is 60.9 Å². The minimum Gasteiger partial charge on any atom is -0.455 e. The first-order chi connectivity index (χ1) is 38.7. The number of amides is 1. The molecule has 2 aromatic heterocycles. The van der Waals surface area contributed by atoms with Gasteiger partial charge in [-0.25, -0.2) is 14.6 Å². The fourth-order valence-electron chi connectivity index (χ4n) is 15.1. The van der Waals surface area contributed by atoms with Gasteiger partial charge in [0.05, 0.1) is 36.5 Å². The van der Waals surface area contributed by atoms with Crippen LogP contribution in [0.5, 0.6) is 0 Å². The summed E-state index contributed by atoms with van der Waals surface area (Å²) in [6.45, 7) is 30.9. The zero-order chi connectivity index (χ0) is 60.1. The lowest BCUT2D eigenvalue weighted by Gasteiger charge is -2.69. The van der Waals surface area contributed by atoms with E-state index in [9.17, 15) is 18.0 Å². The quantitative estimate of drug-likeness (QED) is 0.0421. The van der Waals surface area contributed by atoms with Crippen LogP contribution in [0.15, 0.2) is 97.2 Å². The number of hydrogen-bond acceptors (Lipinski definition) is 12. The molecule has 450 valence electrons. The van der Waals surface area contributed by atoms with Crippen LogP contribution in [0.3, 0.4) is 0 Å². The molecule has 0 saturated heterocycles. The Morgan fingerprint density at radius 3 is 2.00 bits per heavy atom. The molecule has 2 unspecified atom stereocenters. The zero-order valence-corrected chi connectivity index (χ0v) is 53.9. The maximum absolute atomic E-state index is 14.1. The number of carbonyl (C=O) groups is 2. The molecule has 3 aromatic carbocycles. The molecule has 10 rings (SSSR count). The molecule has 0 radical (unpaired) electrons. The molecule has 4 saturated carbocycles. The fourth-order valence-corrected chi connectivity index (χ4v) is 20.7. The smallest absolute Gasteiger partial charge is 0.410 e. The molecular weight excluding hydrogens is 1080 g/mol. The first-order valence-corrected chi connectivity index (χ1v) is 33.6. The maximum atomic E-state index is 14.1. The summed E-state index contributed by atoms with van der Waals surface area (Å²) in [6, 6.07) is 31.3. The number of fused-ring (bicyclic) bond motifs is 1. The minimum absolute atomic E-state index is 0.0147. The molecule has 4 aliphatic carbocycles. The number of carbonyl (C=O) groups excluding carboxylic acids is 2. The lowest BCUT2D eigenvalue weighted by molar-refractivity contribution is -0.248. The summed E-state index contributed by atoms with van der Waals surface area (Å²) in [5, 5.41) is 10.8. The Bertz CT molecular complexity index is 3190. The summed E-state index contributed by atoms with van der Waals surface area (Å²) in [4.78, 5) is 34.5. The van der Waals surface area contributed by atoms with Gasteiger partial charge < -0.3 is 28.9 Å². The van der Waals surface area contributed by atoms with E-state index in [4.69, 9.17) is 32.9 Å². The number of aryl methyl sites for hydroxylation is 1. The van der Waals surface area contributed by atoms with Crippen molar-refractivity contribution < 1.29 is 40.8 Å². The third kappa shape index (κ3) is 14.3. The van der Waals surface area contributed by atoms with Crippen molar-refractivity contribution in [3.8, 4) is 22.4 Å². The number of nitrogens with one attached hydrogen (secondary N) is 1. The molecule has 83 heavy (non-hydrogen) atoms. The van der Waals surface area contributed by atoms with Crippen LogP contribution >= 0.6 is 0 Å². The van der Waals surface area contributed by atoms with Gasteiger partial charge in [-0.2, -0.15) is 13.5 Å². The number of anilines is 1. The summed E-state index contributed by atoms with van der Waals surface area (Å²) in [7, 11) is -6.87. The van der Waals surface area contributed by atoms with Crippen molar-refractivity contribution in [1.82, 2.24) is 19.7 Å². The molecule has 1 aliphatic heterocycles. The van der Waals surface area contributed by atoms with E-state index in [1.807, 2.05) is 65.1 Å². The van der Waals surface area contributed by atoms with E-state index < -0.39 is 58.5 Å². The molecule has 4 fully saturated rings. The van der Waals surface area contributed by atoms with Crippen molar-refractivity contribution in [3.63, 3.8) is 0 Å². The van der Waals surface area contributed by atoms with Crippen LogP contribution in [0.1, 0.15) is 163 Å². The van der Waals surface area contributed by atoms with E-state index in [2.05, 4.69) is 118 Å². The average molecular weight is 1170 g/mol. The first-order valence-electron chi connectivity index (χ1n) is 30.1. The number of aromatic nitrogens is 3. The van der Waals surface area contributed by atoms with Crippen LogP contribution in [-0.2, 0) is 45.9 Å². The molecule has 2 atom stereocenters. The van der Waals surface area contributed by atoms with Crippen molar-refractivity contribution in [2.45, 2.75) is 183 Å². The highest BCUT2D eigenvalue weighted by atomic mass is 32.2. The summed E-state index contributed by atoms with van der Waals surface area (Å²) in [5.41, 5.74) is 4.08. The summed E-state index contributed by atoms with van der Waals surface area (Å²) < 4.78 is 61.7. The SMILES string of the molecule is Cc1c(-c2ccc(-c3ccc4c(c3)NCCC4)nc2C(=O)OC(C)(C)C)cnn1CC12CC3(C)CC(C)(C1)CC(OCCN(CCS(=O)(=O)OCC(C)(C)CCO[Si](c1ccccc1)(c1ccccc1)C(C)(C)C)C(=O)OC(C)(C)C)(C3)C2. The maximum Gasteiger partial charge on any atom is 0.410 e. The van der Waals surface area contributed by atoms with E-state index in [0.717, 1.165) is 80.4 Å². The number of pyridine rings is 1. The van der Waals surface area contributed by atoms with E-state index in [-0.39, 0.29) is 53.3 Å². The van der Waals surface area contributed by atoms with E-state index in [1.54, 1.807) is 20.8 Å². The molecule has 1 N–H and O–H groups in total. The van der Waals surface area contributed by atoms with E-state index in [1.165, 1.54) is 20.8 Å². The monoisotopic (exact) mass is 1170 g/mol. The van der Waals surface area contributed by atoms with Gasteiger partial charge in [0.25, 0.3) is 18.4 Å². The van der Waals surface area contributed by atoms with Crippen LogP contribution in [0, 0.1) is 28.6 Å². The standard InChI is InChI=1S/C67H93N5O9SSi/c1-48-54(53-29-30-55(70-57(53)58(73)80-60(2,3)4)50-28-27-49-22-21-32-68-56(49)38-50)39-69-72(48)46-66-41-64(13)40-65(14,42-66)44-67(43-64,45-66)77-36-33-71(59(74)81-61(5,6)7)34-37-82(75,76)78-47-63(11,12)31-35-79-83(62(8,9)10,51-23-17-15-18-24-51)52-25-19-16-20-26-52/h15-20,23-30,38-39,68H,21-22,31-37,40-47H2,1-14H3. The number of benzene rings is 3. The summed E-state index contributed by atoms with van der Waals surface area (Å²) in [5.74, 6) is -0.884. The first kappa shape index (κ1) is 62.1. The fraction of sp³-hybridized carbons (Fsp3) is 0.582. The van der Waals surface area contributed by atoms with Gasteiger partial charge in [-0.3, -0.25) is 8.86 Å². The third-order valence-electron chi connectivity index (χ3n) is 17.5. The van der Waals surface area contributed by atoms with Gasteiger partial charge >= 0.3 is 12.1 Å². The number of rotatable bonds is 21. The van der Waals surface area contributed by atoms with Crippen LogP contribution in [-0.4, -0.2) is 110 Å². The van der Waals surface area contributed by atoms with Gasteiger partial charge in [0.15, 0.2) is 5.69 Å². The molecule has 0 spiro atoms. The van der Waals surface area contributed by atoms with Crippen molar-refractivity contribution in [2.75, 3.05) is 50.5 Å². The molecule has 3 heterocycles. The normalized spacial score (nSPS) is 22.7. The minimum atomic E-state index is -4.08. The molecule has 14 nitrogen and oxygen atoms in total. The Morgan fingerprint density at radius 2 is 1.39 bits per heavy atom. The second-order valence-corrected chi connectivity index (χ2v) is 35.5. The topological polar surface area (TPSA) is 160 Å². The average Bonchev–Trinajstić information content (AvgIpc) is 1.47. The Morgan fingerprint density at radius 1 is 0.747 bits per heavy atom. The van der Waals surface area contributed by atoms with Gasteiger partial charge in [0.2, 0.25) is 0 Å². The van der Waals surface area contributed by atoms with Crippen LogP contribution < -0.4 is 15.7 Å². The van der Waals surface area contributed by atoms with E-state index in [0.29, 0.717) is 30.8 Å². The van der Waals surface area contributed by atoms with Crippen LogP contribution in [0.25, 0.3) is 22.4 Å². The van der Waals surface area contributed by atoms with Crippen molar-refractivity contribution in [1.29, 1.82) is 0 Å². The van der Waals surface area contributed by atoms with Gasteiger partial charge in [-0.05, 0) is 167 Å². The summed E-state index contributed by atoms with van der Waals surface area (Å²) >= 11 is 0. The van der Waals surface area contributed by atoms with Crippen molar-refractivity contribution in [2.24, 2.45) is 21.7 Å². The van der Waals surface area contributed by atoms with Crippen LogP contribution in [0.4, 0.5) is 10.5 Å². The van der Waals surface area contributed by atoms with Gasteiger partial charge in [-0.15, -0.1) is 0 Å². The Kier molecular flexibility index (Phi) is 17.3. The predicted molar refractivity (Wildman–Crippen MR) is 332 cm³/mol. The Labute approximate surface area is 496 Å². The molecule has 5 aromatic rings. The van der Waals surface area contributed by atoms with Gasteiger partial charge in [-0.1, -0.05) is 121 Å². The lowest BCUT2D eigenvalue weighted by Crippen LogP contribution is -2.66. The highest BCUT2D eigenvalue weighted by molar-refractivity contribution is 7.86. The Hall–Kier alpha value is -5.39. The second-order valence-electron chi connectivity index (χ2n) is 29.4. The Balaban J connectivity index is 0.871. The lowest BCUT2D eigenvalue weighted by atomic mass is 9.39. The zero-order valence-electron chi connectivity index (χ0n) is 52.1. The molecule has 4 bridgehead atoms. The molecular formula is C67H93N5O9SSi. The number of esters is 1. The van der Waals surface area contributed by atoms with Gasteiger partial charge in [0.1, 0.15) is 11.2 Å². The molecule has 1 amide bonds. The van der Waals surface area contributed by atoms with E-state index >= 15 is 0 Å². The molecule has 16 heteroatoms. The highest BCUT2D eigenvalue weighted by Gasteiger charge is 2.66. The molecule has 5 aliphatic rings. The highest BCUT2D eigenvalue weighted by Crippen LogP contribution is 2.72. The number of nitrogens with zero attached hydrogens (tertiary/aromatic N) is 4. The third-order valence-corrected chi connectivity index (χ3v) is 23.7. The number of ether oxygens (including phenoxy) is 3.